The summed E-state index contributed by atoms with van der Waals surface area (Å²) < 4.78 is 28.2. The van der Waals surface area contributed by atoms with E-state index < -0.39 is 0 Å². The smallest absolute Gasteiger partial charge is 0.214 e. The third-order valence-corrected chi connectivity index (χ3v) is 4.99. The summed E-state index contributed by atoms with van der Waals surface area (Å²) in [4.78, 5) is 0. The van der Waals surface area contributed by atoms with Crippen molar-refractivity contribution in [2.45, 2.75) is 20.1 Å². The molecular weight excluding hydrogens is 435 g/mol. The van der Waals surface area contributed by atoms with Gasteiger partial charge in [0.15, 0.2) is 11.5 Å². The largest absolute Gasteiger partial charge is 0.493 e. The number of nitrogens with one attached hydrogen (secondary N) is 2. The Morgan fingerprint density at radius 2 is 2.07 bits per heavy atom. The summed E-state index contributed by atoms with van der Waals surface area (Å²) in [6, 6.07) is 10.2. The molecule has 0 saturated heterocycles. The van der Waals surface area contributed by atoms with Gasteiger partial charge < -0.3 is 14.9 Å². The first kappa shape index (κ1) is 19.4. The number of hydrogen-bond donors (Lipinski definition) is 2. The Balaban J connectivity index is 1.88. The first-order chi connectivity index (χ1) is 13.0. The van der Waals surface area contributed by atoms with Gasteiger partial charge >= 0.3 is 0 Å². The van der Waals surface area contributed by atoms with Gasteiger partial charge in [-0.05, 0) is 37.3 Å². The molecule has 1 heterocycles. The van der Waals surface area contributed by atoms with Gasteiger partial charge in [-0.3, -0.25) is 5.10 Å². The van der Waals surface area contributed by atoms with Crippen LogP contribution in [0.4, 0.5) is 4.39 Å². The zero-order valence-electron chi connectivity index (χ0n) is 14.8. The van der Waals surface area contributed by atoms with Crippen LogP contribution in [0.25, 0.3) is 0 Å². The molecule has 0 radical (unpaired) electrons. The summed E-state index contributed by atoms with van der Waals surface area (Å²) in [5.74, 6) is 1.47. The minimum atomic E-state index is -0.313. The fourth-order valence-corrected chi connectivity index (χ4v) is 3.25. The van der Waals surface area contributed by atoms with E-state index in [1.54, 1.807) is 36.1 Å². The molecule has 0 spiro atoms. The number of halogens is 2. The van der Waals surface area contributed by atoms with E-state index in [4.69, 9.17) is 21.7 Å². The number of methoxy groups -OCH3 is 1. The highest BCUT2D eigenvalue weighted by Gasteiger charge is 2.16. The molecule has 6 nitrogen and oxygen atoms in total. The van der Waals surface area contributed by atoms with Gasteiger partial charge in [-0.1, -0.05) is 34.1 Å². The normalized spacial score (nSPS) is 10.7. The third-order valence-electron chi connectivity index (χ3n) is 3.97. The number of aromatic nitrogens is 3. The Kier molecular flexibility index (Phi) is 6.12. The summed E-state index contributed by atoms with van der Waals surface area (Å²) in [6.07, 6.45) is 0. The maximum absolute atomic E-state index is 13.9. The zero-order valence-corrected chi connectivity index (χ0v) is 17.2. The maximum atomic E-state index is 13.9. The predicted octanol–water partition coefficient (Wildman–Crippen LogP) is 4.48. The van der Waals surface area contributed by atoms with Crippen LogP contribution in [0.2, 0.25) is 0 Å². The molecule has 0 aliphatic carbocycles. The number of aryl methyl sites for hydroxylation is 1. The minimum Gasteiger partial charge on any atom is -0.493 e. The van der Waals surface area contributed by atoms with Gasteiger partial charge in [0.25, 0.3) is 0 Å². The molecule has 3 rings (SSSR count). The number of nitrogens with zero attached hydrogens (tertiary/aromatic N) is 2. The van der Waals surface area contributed by atoms with E-state index in [-0.39, 0.29) is 12.4 Å². The van der Waals surface area contributed by atoms with Gasteiger partial charge in [0.05, 0.1) is 13.7 Å². The van der Waals surface area contributed by atoms with E-state index in [0.29, 0.717) is 34.2 Å². The van der Waals surface area contributed by atoms with Gasteiger partial charge in [0.2, 0.25) is 4.77 Å². The number of H-pyrrole nitrogens is 1. The zero-order chi connectivity index (χ0) is 19.4. The molecule has 0 aliphatic rings. The van der Waals surface area contributed by atoms with Gasteiger partial charge in [-0.25, -0.2) is 9.07 Å². The number of aromatic amines is 1. The van der Waals surface area contributed by atoms with Crippen LogP contribution in [-0.4, -0.2) is 22.0 Å². The maximum Gasteiger partial charge on any atom is 0.214 e. The van der Waals surface area contributed by atoms with Crippen molar-refractivity contribution in [2.24, 2.45) is 0 Å². The van der Waals surface area contributed by atoms with Crippen molar-refractivity contribution in [3.05, 3.63) is 68.4 Å². The molecule has 0 fully saturated rings. The first-order valence-corrected chi connectivity index (χ1v) is 9.31. The second-order valence-electron chi connectivity index (χ2n) is 5.68. The summed E-state index contributed by atoms with van der Waals surface area (Å²) in [6.45, 7) is 2.30. The number of rotatable bonds is 7. The fourth-order valence-electron chi connectivity index (χ4n) is 2.55. The van der Waals surface area contributed by atoms with Crippen LogP contribution in [0.5, 0.6) is 11.5 Å². The van der Waals surface area contributed by atoms with Crippen LogP contribution < -0.4 is 14.9 Å². The van der Waals surface area contributed by atoms with Crippen LogP contribution in [0.1, 0.15) is 17.0 Å². The van der Waals surface area contributed by atoms with Gasteiger partial charge in [-0.2, -0.15) is 5.10 Å². The summed E-state index contributed by atoms with van der Waals surface area (Å²) >= 11 is 8.75. The van der Waals surface area contributed by atoms with Gasteiger partial charge in [0, 0.05) is 15.6 Å². The number of hydrogen-bond acceptors (Lipinski definition) is 5. The summed E-state index contributed by atoms with van der Waals surface area (Å²) in [5, 5.41) is 6.79. The lowest BCUT2D eigenvalue weighted by Crippen LogP contribution is -2.17. The van der Waals surface area contributed by atoms with Crippen LogP contribution in [0, 0.1) is 17.5 Å². The Hall–Kier alpha value is -2.39. The Morgan fingerprint density at radius 1 is 1.30 bits per heavy atom. The average Bonchev–Trinajstić information content (AvgIpc) is 2.98. The van der Waals surface area contributed by atoms with Crippen molar-refractivity contribution in [2.75, 3.05) is 12.5 Å². The molecule has 0 aliphatic heterocycles. The van der Waals surface area contributed by atoms with Crippen LogP contribution in [-0.2, 0) is 13.2 Å². The second kappa shape index (κ2) is 8.53. The van der Waals surface area contributed by atoms with Crippen LogP contribution in [0.3, 0.4) is 0 Å². The molecule has 142 valence electrons. The lowest BCUT2D eigenvalue weighted by molar-refractivity contribution is 0.276. The lowest BCUT2D eigenvalue weighted by atomic mass is 10.1. The van der Waals surface area contributed by atoms with E-state index >= 15 is 0 Å². The van der Waals surface area contributed by atoms with E-state index in [9.17, 15) is 4.39 Å². The van der Waals surface area contributed by atoms with Crippen molar-refractivity contribution in [1.29, 1.82) is 0 Å². The second-order valence-corrected chi connectivity index (χ2v) is 6.92. The van der Waals surface area contributed by atoms with Crippen molar-refractivity contribution in [1.82, 2.24) is 14.9 Å². The van der Waals surface area contributed by atoms with Gasteiger partial charge in [-0.15, -0.1) is 0 Å². The van der Waals surface area contributed by atoms with E-state index in [1.807, 2.05) is 13.0 Å². The number of ether oxygens (including phenoxy) is 2. The summed E-state index contributed by atoms with van der Waals surface area (Å²) in [7, 11) is 1.56. The number of benzene rings is 2. The van der Waals surface area contributed by atoms with E-state index in [2.05, 4.69) is 31.6 Å². The molecule has 0 atom stereocenters. The van der Waals surface area contributed by atoms with Crippen molar-refractivity contribution < 1.29 is 13.9 Å². The molecule has 2 aromatic carbocycles. The molecule has 3 aromatic rings. The first-order valence-electron chi connectivity index (χ1n) is 8.10. The molecule has 9 heteroatoms. The minimum absolute atomic E-state index is 0.0800. The highest BCUT2D eigenvalue weighted by molar-refractivity contribution is 9.10. The Labute approximate surface area is 169 Å². The van der Waals surface area contributed by atoms with E-state index in [1.165, 1.54) is 6.07 Å². The standard InChI is InChI=1S/C18H18BrFN4O2S/c1-11-22-23-18(27)24(11)21-9-13-14(19)7-8-16(25-2)17(13)26-10-12-5-3-4-6-15(12)20/h3-8,21H,9-10H2,1-2H3,(H,23,27). The third kappa shape index (κ3) is 4.30. The average molecular weight is 453 g/mol. The fraction of sp³-hybridized carbons (Fsp3) is 0.222. The molecule has 27 heavy (non-hydrogen) atoms. The van der Waals surface area contributed by atoms with Crippen LogP contribution >= 0.6 is 28.1 Å². The SMILES string of the molecule is COc1ccc(Br)c(CNn2c(C)n[nH]c2=S)c1OCc1ccccc1F. The monoisotopic (exact) mass is 452 g/mol. The molecule has 0 saturated carbocycles. The van der Waals surface area contributed by atoms with Crippen LogP contribution in [0.15, 0.2) is 40.9 Å². The topological polar surface area (TPSA) is 64.1 Å². The Bertz CT molecular complexity index is 1010. The van der Waals surface area contributed by atoms with E-state index in [0.717, 1.165) is 10.0 Å². The molecule has 0 unspecified atom stereocenters. The lowest BCUT2D eigenvalue weighted by Gasteiger charge is -2.18. The molecule has 0 bridgehead atoms. The molecule has 1 aromatic heterocycles. The predicted molar refractivity (Wildman–Crippen MR) is 107 cm³/mol. The Morgan fingerprint density at radius 3 is 2.74 bits per heavy atom. The van der Waals surface area contributed by atoms with Crippen molar-refractivity contribution >= 4 is 28.1 Å². The molecule has 2 N–H and O–H groups in total. The van der Waals surface area contributed by atoms with Gasteiger partial charge in [0.1, 0.15) is 18.2 Å². The highest BCUT2D eigenvalue weighted by Crippen LogP contribution is 2.37. The highest BCUT2D eigenvalue weighted by atomic mass is 79.9. The quantitative estimate of drug-likeness (QED) is 0.517. The molecular formula is C18H18BrFN4O2S. The van der Waals surface area contributed by atoms with Crippen molar-refractivity contribution in [3.63, 3.8) is 0 Å². The summed E-state index contributed by atoms with van der Waals surface area (Å²) in [5.41, 5.74) is 4.48. The van der Waals surface area contributed by atoms with Crippen molar-refractivity contribution in [3.8, 4) is 11.5 Å². The molecule has 0 amide bonds.